The summed E-state index contributed by atoms with van der Waals surface area (Å²) in [5.74, 6) is 1.74. The quantitative estimate of drug-likeness (QED) is 0.673. The Labute approximate surface area is 82.4 Å². The lowest BCUT2D eigenvalue weighted by molar-refractivity contribution is 0.689. The van der Waals surface area contributed by atoms with Crippen molar-refractivity contribution >= 4 is 0 Å². The van der Waals surface area contributed by atoms with E-state index in [1.807, 2.05) is 32.5 Å². The average molecular weight is 191 g/mol. The van der Waals surface area contributed by atoms with E-state index in [4.69, 9.17) is 0 Å². The van der Waals surface area contributed by atoms with Crippen molar-refractivity contribution < 1.29 is 0 Å². The highest BCUT2D eigenvalue weighted by atomic mass is 15.4. The van der Waals surface area contributed by atoms with Crippen LogP contribution in [-0.2, 0) is 7.05 Å². The predicted octanol–water partition coefficient (Wildman–Crippen LogP) is 0.926. The molecule has 0 aliphatic carbocycles. The molecule has 2 aromatic heterocycles. The smallest absolute Gasteiger partial charge is 0.156 e. The zero-order chi connectivity index (χ0) is 10.3. The highest BCUT2D eigenvalue weighted by molar-refractivity contribution is 5.35. The first-order chi connectivity index (χ1) is 6.59. The first-order valence-electron chi connectivity index (χ1n) is 4.48. The minimum Gasteiger partial charge on any atom is -0.250 e. The van der Waals surface area contributed by atoms with Crippen LogP contribution in [0.1, 0.15) is 17.1 Å². The number of nitrogens with zero attached hydrogens (tertiary/aromatic N) is 5. The van der Waals surface area contributed by atoms with Gasteiger partial charge in [-0.15, -0.1) is 0 Å². The molecule has 0 aliphatic heterocycles. The van der Waals surface area contributed by atoms with Crippen LogP contribution < -0.4 is 0 Å². The second kappa shape index (κ2) is 2.94. The molecule has 0 atom stereocenters. The second-order valence-electron chi connectivity index (χ2n) is 3.39. The van der Waals surface area contributed by atoms with Gasteiger partial charge in [0.1, 0.15) is 12.2 Å². The number of aryl methyl sites for hydroxylation is 3. The molecule has 0 radical (unpaired) electrons. The molecule has 0 bridgehead atoms. The minimum absolute atomic E-state index is 0.767. The monoisotopic (exact) mass is 191 g/mol. The van der Waals surface area contributed by atoms with E-state index in [0.717, 1.165) is 22.9 Å². The molecule has 0 aliphatic rings. The van der Waals surface area contributed by atoms with Crippen molar-refractivity contribution in [3.8, 4) is 5.82 Å². The first-order valence-corrected chi connectivity index (χ1v) is 4.48. The summed E-state index contributed by atoms with van der Waals surface area (Å²) in [6.07, 6.45) is 1.71. The van der Waals surface area contributed by atoms with Crippen molar-refractivity contribution in [2.24, 2.45) is 7.05 Å². The van der Waals surface area contributed by atoms with E-state index in [9.17, 15) is 0 Å². The van der Waals surface area contributed by atoms with Gasteiger partial charge in [0.25, 0.3) is 0 Å². The van der Waals surface area contributed by atoms with Gasteiger partial charge in [0.05, 0.1) is 5.69 Å². The molecule has 2 aromatic rings. The van der Waals surface area contributed by atoms with E-state index in [-0.39, 0.29) is 0 Å². The maximum atomic E-state index is 4.32. The first kappa shape index (κ1) is 8.93. The van der Waals surface area contributed by atoms with Crippen molar-refractivity contribution in [1.29, 1.82) is 0 Å². The summed E-state index contributed by atoms with van der Waals surface area (Å²) in [7, 11) is 1.91. The van der Waals surface area contributed by atoms with Gasteiger partial charge in [-0.25, -0.2) is 9.67 Å². The molecule has 0 saturated carbocycles. The third kappa shape index (κ3) is 1.21. The van der Waals surface area contributed by atoms with Crippen LogP contribution in [0.25, 0.3) is 5.82 Å². The molecule has 0 saturated heterocycles. The standard InChI is InChI=1S/C9H13N5/c1-6-7(2)11-13(4)9(6)14-5-10-8(3)12-14/h5H,1-4H3. The number of hydrogen-bond acceptors (Lipinski definition) is 3. The van der Waals surface area contributed by atoms with Gasteiger partial charge >= 0.3 is 0 Å². The SMILES string of the molecule is Cc1ncn(-c2c(C)c(C)nn2C)n1. The van der Waals surface area contributed by atoms with Crippen LogP contribution >= 0.6 is 0 Å². The summed E-state index contributed by atoms with van der Waals surface area (Å²) in [6, 6.07) is 0. The molecule has 0 N–H and O–H groups in total. The Hall–Kier alpha value is -1.65. The molecule has 0 unspecified atom stereocenters. The Morgan fingerprint density at radius 1 is 1.14 bits per heavy atom. The Morgan fingerprint density at radius 2 is 1.86 bits per heavy atom. The molecular weight excluding hydrogens is 178 g/mol. The fraction of sp³-hybridized carbons (Fsp3) is 0.444. The fourth-order valence-electron chi connectivity index (χ4n) is 1.52. The third-order valence-electron chi connectivity index (χ3n) is 2.31. The number of rotatable bonds is 1. The lowest BCUT2D eigenvalue weighted by Crippen LogP contribution is -2.04. The minimum atomic E-state index is 0.767. The highest BCUT2D eigenvalue weighted by Crippen LogP contribution is 2.14. The Bertz CT molecular complexity index is 466. The van der Waals surface area contributed by atoms with Crippen LogP contribution in [0.2, 0.25) is 0 Å². The Balaban J connectivity index is 2.61. The van der Waals surface area contributed by atoms with Crippen LogP contribution in [0.5, 0.6) is 0 Å². The van der Waals surface area contributed by atoms with Crippen molar-refractivity contribution in [2.45, 2.75) is 20.8 Å². The molecule has 2 heterocycles. The van der Waals surface area contributed by atoms with Crippen molar-refractivity contribution in [3.05, 3.63) is 23.4 Å². The average Bonchev–Trinajstić information content (AvgIpc) is 2.60. The molecule has 5 nitrogen and oxygen atoms in total. The molecule has 0 fully saturated rings. The van der Waals surface area contributed by atoms with Gasteiger partial charge < -0.3 is 0 Å². The maximum absolute atomic E-state index is 4.32. The van der Waals surface area contributed by atoms with E-state index < -0.39 is 0 Å². The van der Waals surface area contributed by atoms with Gasteiger partial charge in [-0.3, -0.25) is 4.68 Å². The summed E-state index contributed by atoms with van der Waals surface area (Å²) < 4.78 is 3.57. The lowest BCUT2D eigenvalue weighted by Gasteiger charge is -2.01. The molecule has 0 aromatic carbocycles. The topological polar surface area (TPSA) is 48.5 Å². The Morgan fingerprint density at radius 3 is 2.29 bits per heavy atom. The normalized spacial score (nSPS) is 10.9. The summed E-state index contributed by atoms with van der Waals surface area (Å²) in [5.41, 5.74) is 2.16. The largest absolute Gasteiger partial charge is 0.250 e. The van der Waals surface area contributed by atoms with Gasteiger partial charge in [-0.1, -0.05) is 0 Å². The number of aromatic nitrogens is 5. The van der Waals surface area contributed by atoms with Gasteiger partial charge in [0.15, 0.2) is 5.82 Å². The molecule has 0 spiro atoms. The molecule has 2 rings (SSSR count). The summed E-state index contributed by atoms with van der Waals surface area (Å²) >= 11 is 0. The molecule has 14 heavy (non-hydrogen) atoms. The van der Waals surface area contributed by atoms with E-state index in [0.29, 0.717) is 0 Å². The van der Waals surface area contributed by atoms with Crippen molar-refractivity contribution in [2.75, 3.05) is 0 Å². The van der Waals surface area contributed by atoms with Crippen LogP contribution in [-0.4, -0.2) is 24.5 Å². The van der Waals surface area contributed by atoms with Crippen LogP contribution in [0.4, 0.5) is 0 Å². The zero-order valence-corrected chi connectivity index (χ0v) is 8.81. The van der Waals surface area contributed by atoms with E-state index >= 15 is 0 Å². The van der Waals surface area contributed by atoms with Crippen LogP contribution in [0.3, 0.4) is 0 Å². The van der Waals surface area contributed by atoms with Gasteiger partial charge in [0.2, 0.25) is 0 Å². The van der Waals surface area contributed by atoms with E-state index in [1.165, 1.54) is 0 Å². The summed E-state index contributed by atoms with van der Waals surface area (Å²) in [4.78, 5) is 4.10. The third-order valence-corrected chi connectivity index (χ3v) is 2.31. The van der Waals surface area contributed by atoms with Gasteiger partial charge in [0, 0.05) is 12.6 Å². The second-order valence-corrected chi connectivity index (χ2v) is 3.39. The van der Waals surface area contributed by atoms with Crippen molar-refractivity contribution in [3.63, 3.8) is 0 Å². The predicted molar refractivity (Wildman–Crippen MR) is 52.3 cm³/mol. The molecule has 5 heteroatoms. The Kier molecular flexibility index (Phi) is 1.87. The van der Waals surface area contributed by atoms with Gasteiger partial charge in [-0.05, 0) is 20.8 Å². The highest BCUT2D eigenvalue weighted by Gasteiger charge is 2.11. The molecule has 0 amide bonds. The molecule has 74 valence electrons. The number of hydrogen-bond donors (Lipinski definition) is 0. The van der Waals surface area contributed by atoms with Crippen LogP contribution in [0.15, 0.2) is 6.33 Å². The summed E-state index contributed by atoms with van der Waals surface area (Å²) in [6.45, 7) is 5.90. The fourth-order valence-corrected chi connectivity index (χ4v) is 1.52. The van der Waals surface area contributed by atoms with Gasteiger partial charge in [-0.2, -0.15) is 10.2 Å². The van der Waals surface area contributed by atoms with Crippen LogP contribution in [0, 0.1) is 20.8 Å². The summed E-state index contributed by atoms with van der Waals surface area (Å²) in [5, 5.41) is 8.58. The van der Waals surface area contributed by atoms with E-state index in [1.54, 1.807) is 11.0 Å². The maximum Gasteiger partial charge on any atom is 0.156 e. The van der Waals surface area contributed by atoms with Crippen molar-refractivity contribution in [1.82, 2.24) is 24.5 Å². The molecular formula is C9H13N5. The zero-order valence-electron chi connectivity index (χ0n) is 8.81. The van der Waals surface area contributed by atoms with E-state index in [2.05, 4.69) is 15.2 Å². The lowest BCUT2D eigenvalue weighted by atomic mass is 10.3.